The Hall–Kier alpha value is -2.51. The molecule has 0 aromatic heterocycles. The summed E-state index contributed by atoms with van der Waals surface area (Å²) in [6.07, 6.45) is 0. The van der Waals surface area contributed by atoms with Gasteiger partial charge in [-0.15, -0.1) is 0 Å². The van der Waals surface area contributed by atoms with Crippen LogP contribution in [0.4, 0.5) is 5.69 Å². The summed E-state index contributed by atoms with van der Waals surface area (Å²) in [5.74, 6) is 0.301. The van der Waals surface area contributed by atoms with Crippen LogP contribution in [0.3, 0.4) is 0 Å². The van der Waals surface area contributed by atoms with Crippen LogP contribution in [0.2, 0.25) is 0 Å². The van der Waals surface area contributed by atoms with Gasteiger partial charge in [0.15, 0.2) is 0 Å². The number of piperazine rings is 1. The molecule has 4 heteroatoms. The number of anilines is 1. The fourth-order valence-electron chi connectivity index (χ4n) is 2.84. The summed E-state index contributed by atoms with van der Waals surface area (Å²) in [5, 5.41) is 18.5. The van der Waals surface area contributed by atoms with Crippen molar-refractivity contribution in [1.29, 1.82) is 5.26 Å². The van der Waals surface area contributed by atoms with E-state index in [1.165, 1.54) is 0 Å². The van der Waals surface area contributed by atoms with Gasteiger partial charge in [-0.3, -0.25) is 4.90 Å². The van der Waals surface area contributed by atoms with Crippen LogP contribution in [0.1, 0.15) is 11.1 Å². The number of hydrogen-bond donors (Lipinski definition) is 1. The van der Waals surface area contributed by atoms with Crippen LogP contribution in [0.15, 0.2) is 48.5 Å². The fraction of sp³-hybridized carbons (Fsp3) is 0.278. The highest BCUT2D eigenvalue weighted by Crippen LogP contribution is 2.20. The standard InChI is InChI=1S/C18H19N3O/c19-13-15-3-1-2-4-16(15)14-20-9-11-21(12-10-20)17-5-7-18(22)8-6-17/h1-8,22H,9-12,14H2. The number of rotatable bonds is 3. The van der Waals surface area contributed by atoms with E-state index in [0.29, 0.717) is 5.75 Å². The average molecular weight is 293 g/mol. The Morgan fingerprint density at radius 3 is 2.32 bits per heavy atom. The molecule has 1 N–H and O–H groups in total. The number of nitrogens with zero attached hydrogens (tertiary/aromatic N) is 3. The molecular formula is C18H19N3O. The SMILES string of the molecule is N#Cc1ccccc1CN1CCN(c2ccc(O)cc2)CC1. The zero-order chi connectivity index (χ0) is 15.4. The van der Waals surface area contributed by atoms with E-state index in [4.69, 9.17) is 5.26 Å². The van der Waals surface area contributed by atoms with Gasteiger partial charge < -0.3 is 10.0 Å². The van der Waals surface area contributed by atoms with E-state index in [9.17, 15) is 5.11 Å². The number of nitriles is 1. The first-order chi connectivity index (χ1) is 10.8. The van der Waals surface area contributed by atoms with Crippen molar-refractivity contribution in [1.82, 2.24) is 4.90 Å². The summed E-state index contributed by atoms with van der Waals surface area (Å²) in [5.41, 5.74) is 3.02. The zero-order valence-corrected chi connectivity index (χ0v) is 12.4. The Labute approximate surface area is 130 Å². The van der Waals surface area contributed by atoms with Gasteiger partial charge in [0, 0.05) is 38.4 Å². The lowest BCUT2D eigenvalue weighted by Gasteiger charge is -2.36. The molecule has 22 heavy (non-hydrogen) atoms. The molecule has 0 atom stereocenters. The molecule has 112 valence electrons. The third-order valence-electron chi connectivity index (χ3n) is 4.12. The normalized spacial score (nSPS) is 15.5. The lowest BCUT2D eigenvalue weighted by Crippen LogP contribution is -2.46. The zero-order valence-electron chi connectivity index (χ0n) is 12.4. The third kappa shape index (κ3) is 3.21. The molecule has 1 aliphatic heterocycles. The third-order valence-corrected chi connectivity index (χ3v) is 4.12. The second-order valence-corrected chi connectivity index (χ2v) is 5.55. The maximum atomic E-state index is 9.36. The Bertz CT molecular complexity index is 667. The minimum Gasteiger partial charge on any atom is -0.508 e. The highest BCUT2D eigenvalue weighted by atomic mass is 16.3. The molecule has 0 amide bonds. The Morgan fingerprint density at radius 2 is 1.64 bits per heavy atom. The largest absolute Gasteiger partial charge is 0.508 e. The van der Waals surface area contributed by atoms with Crippen molar-refractivity contribution >= 4 is 5.69 Å². The van der Waals surface area contributed by atoms with E-state index in [0.717, 1.165) is 49.5 Å². The maximum Gasteiger partial charge on any atom is 0.115 e. The van der Waals surface area contributed by atoms with Crippen LogP contribution in [-0.2, 0) is 6.54 Å². The predicted octanol–water partition coefficient (Wildman–Crippen LogP) is 2.59. The van der Waals surface area contributed by atoms with E-state index in [1.807, 2.05) is 36.4 Å². The van der Waals surface area contributed by atoms with Gasteiger partial charge in [0.05, 0.1) is 11.6 Å². The Kier molecular flexibility index (Phi) is 4.27. The summed E-state index contributed by atoms with van der Waals surface area (Å²) in [6, 6.07) is 17.4. The van der Waals surface area contributed by atoms with Crippen LogP contribution in [0.5, 0.6) is 5.75 Å². The first kappa shape index (κ1) is 14.4. The van der Waals surface area contributed by atoms with E-state index >= 15 is 0 Å². The minimum atomic E-state index is 0.301. The van der Waals surface area contributed by atoms with E-state index in [1.54, 1.807) is 12.1 Å². The molecule has 1 saturated heterocycles. The van der Waals surface area contributed by atoms with Crippen LogP contribution in [0.25, 0.3) is 0 Å². The second-order valence-electron chi connectivity index (χ2n) is 5.55. The summed E-state index contributed by atoms with van der Waals surface area (Å²) < 4.78 is 0. The van der Waals surface area contributed by atoms with Crippen molar-refractivity contribution in [2.45, 2.75) is 6.54 Å². The molecule has 2 aromatic carbocycles. The highest BCUT2D eigenvalue weighted by Gasteiger charge is 2.18. The van der Waals surface area contributed by atoms with Crippen molar-refractivity contribution in [3.63, 3.8) is 0 Å². The summed E-state index contributed by atoms with van der Waals surface area (Å²) in [4.78, 5) is 4.71. The minimum absolute atomic E-state index is 0.301. The molecule has 0 radical (unpaired) electrons. The molecule has 1 fully saturated rings. The monoisotopic (exact) mass is 293 g/mol. The first-order valence-electron chi connectivity index (χ1n) is 7.50. The molecule has 3 rings (SSSR count). The molecule has 1 aliphatic rings. The van der Waals surface area contributed by atoms with Crippen LogP contribution >= 0.6 is 0 Å². The predicted molar refractivity (Wildman–Crippen MR) is 86.8 cm³/mol. The van der Waals surface area contributed by atoms with Crippen LogP contribution in [-0.4, -0.2) is 36.2 Å². The van der Waals surface area contributed by atoms with Gasteiger partial charge in [-0.25, -0.2) is 0 Å². The van der Waals surface area contributed by atoms with Crippen molar-refractivity contribution < 1.29 is 5.11 Å². The van der Waals surface area contributed by atoms with Crippen molar-refractivity contribution in [2.24, 2.45) is 0 Å². The van der Waals surface area contributed by atoms with Gasteiger partial charge in [0.2, 0.25) is 0 Å². The number of aromatic hydroxyl groups is 1. The molecule has 2 aromatic rings. The maximum absolute atomic E-state index is 9.36. The van der Waals surface area contributed by atoms with E-state index in [2.05, 4.69) is 15.9 Å². The summed E-state index contributed by atoms with van der Waals surface area (Å²) >= 11 is 0. The quantitative estimate of drug-likeness (QED) is 0.945. The number of phenolic OH excluding ortho intramolecular Hbond substituents is 1. The van der Waals surface area contributed by atoms with Gasteiger partial charge in [-0.1, -0.05) is 18.2 Å². The van der Waals surface area contributed by atoms with E-state index in [-0.39, 0.29) is 0 Å². The number of phenols is 1. The van der Waals surface area contributed by atoms with Crippen molar-refractivity contribution in [3.05, 3.63) is 59.7 Å². The number of hydrogen-bond acceptors (Lipinski definition) is 4. The Morgan fingerprint density at radius 1 is 0.955 bits per heavy atom. The molecule has 0 spiro atoms. The highest BCUT2D eigenvalue weighted by molar-refractivity contribution is 5.49. The van der Waals surface area contributed by atoms with Gasteiger partial charge in [-0.2, -0.15) is 5.26 Å². The molecule has 4 nitrogen and oxygen atoms in total. The Balaban J connectivity index is 1.60. The molecule has 1 heterocycles. The van der Waals surface area contributed by atoms with Crippen molar-refractivity contribution in [2.75, 3.05) is 31.1 Å². The summed E-state index contributed by atoms with van der Waals surface area (Å²) in [6.45, 7) is 4.69. The fourth-order valence-corrected chi connectivity index (χ4v) is 2.84. The van der Waals surface area contributed by atoms with Gasteiger partial charge >= 0.3 is 0 Å². The smallest absolute Gasteiger partial charge is 0.115 e. The van der Waals surface area contributed by atoms with Crippen LogP contribution in [0, 0.1) is 11.3 Å². The van der Waals surface area contributed by atoms with Gasteiger partial charge in [0.1, 0.15) is 5.75 Å². The molecular weight excluding hydrogens is 274 g/mol. The molecule has 0 bridgehead atoms. The molecule has 0 unspecified atom stereocenters. The summed E-state index contributed by atoms with van der Waals surface area (Å²) in [7, 11) is 0. The van der Waals surface area contributed by atoms with Gasteiger partial charge in [-0.05, 0) is 35.9 Å². The van der Waals surface area contributed by atoms with Crippen LogP contribution < -0.4 is 4.90 Å². The molecule has 0 aliphatic carbocycles. The number of benzene rings is 2. The molecule has 0 saturated carbocycles. The lowest BCUT2D eigenvalue weighted by molar-refractivity contribution is 0.249. The second kappa shape index (κ2) is 6.50. The van der Waals surface area contributed by atoms with E-state index < -0.39 is 0 Å². The first-order valence-corrected chi connectivity index (χ1v) is 7.50. The van der Waals surface area contributed by atoms with Gasteiger partial charge in [0.25, 0.3) is 0 Å². The van der Waals surface area contributed by atoms with Crippen molar-refractivity contribution in [3.8, 4) is 11.8 Å². The lowest BCUT2D eigenvalue weighted by atomic mass is 10.1. The average Bonchev–Trinajstić information content (AvgIpc) is 2.57. The topological polar surface area (TPSA) is 50.5 Å².